The van der Waals surface area contributed by atoms with Crippen LogP contribution in [0.1, 0.15) is 5.76 Å². The van der Waals surface area contributed by atoms with E-state index in [-0.39, 0.29) is 24.1 Å². The lowest BCUT2D eigenvalue weighted by molar-refractivity contribution is -0.120. The minimum atomic E-state index is -0.205. The van der Waals surface area contributed by atoms with Gasteiger partial charge in [-0.05, 0) is 25.1 Å². The van der Waals surface area contributed by atoms with Gasteiger partial charge >= 0.3 is 0 Å². The van der Waals surface area contributed by atoms with Gasteiger partial charge in [0.1, 0.15) is 12.3 Å². The van der Waals surface area contributed by atoms with Crippen molar-refractivity contribution < 1.29 is 14.0 Å². The van der Waals surface area contributed by atoms with Crippen molar-refractivity contribution in [1.82, 2.24) is 14.8 Å². The first kappa shape index (κ1) is 17.3. The zero-order valence-corrected chi connectivity index (χ0v) is 15.6. The molecule has 9 heteroatoms. The van der Waals surface area contributed by atoms with E-state index in [2.05, 4.69) is 15.5 Å². The first-order valence-corrected chi connectivity index (χ1v) is 9.29. The molecular formula is C18H17N5O3S. The van der Waals surface area contributed by atoms with E-state index in [1.165, 1.54) is 16.7 Å². The van der Waals surface area contributed by atoms with Crippen LogP contribution in [0.4, 0.5) is 11.4 Å². The summed E-state index contributed by atoms with van der Waals surface area (Å²) in [5, 5.41) is 11.8. The highest BCUT2D eigenvalue weighted by Crippen LogP contribution is 2.30. The number of anilines is 2. The summed E-state index contributed by atoms with van der Waals surface area (Å²) in [7, 11) is 1.85. The number of benzene rings is 1. The van der Waals surface area contributed by atoms with Crippen LogP contribution < -0.4 is 10.2 Å². The smallest absolute Gasteiger partial charge is 0.244 e. The summed E-state index contributed by atoms with van der Waals surface area (Å²) in [4.78, 5) is 26.1. The van der Waals surface area contributed by atoms with Gasteiger partial charge < -0.3 is 19.2 Å². The number of thioether (sulfide) groups is 1. The van der Waals surface area contributed by atoms with Gasteiger partial charge in [0.25, 0.3) is 0 Å². The number of carbonyl (C=O) groups is 2. The van der Waals surface area contributed by atoms with Gasteiger partial charge in [-0.25, -0.2) is 0 Å². The molecule has 138 valence electrons. The third kappa shape index (κ3) is 3.21. The van der Waals surface area contributed by atoms with Crippen LogP contribution in [0.15, 0.2) is 46.2 Å². The fourth-order valence-electron chi connectivity index (χ4n) is 2.95. The number of hydrogen-bond donors (Lipinski definition) is 1. The van der Waals surface area contributed by atoms with Crippen LogP contribution in [0.25, 0.3) is 11.4 Å². The van der Waals surface area contributed by atoms with E-state index < -0.39 is 0 Å². The van der Waals surface area contributed by atoms with Gasteiger partial charge in [-0.15, -0.1) is 10.2 Å². The van der Waals surface area contributed by atoms with Gasteiger partial charge in [-0.3, -0.25) is 9.59 Å². The predicted octanol–water partition coefficient (Wildman–Crippen LogP) is 2.46. The highest BCUT2D eigenvalue weighted by Gasteiger charge is 2.27. The Labute approximate surface area is 159 Å². The largest absolute Gasteiger partial charge is 0.469 e. The summed E-state index contributed by atoms with van der Waals surface area (Å²) >= 11 is 1.28. The molecule has 3 heterocycles. The molecule has 8 nitrogen and oxygen atoms in total. The fraction of sp³-hybridized carbons (Fsp3) is 0.222. The van der Waals surface area contributed by atoms with Crippen molar-refractivity contribution in [1.29, 1.82) is 0 Å². The predicted molar refractivity (Wildman–Crippen MR) is 102 cm³/mol. The molecule has 2 amide bonds. The molecule has 0 bridgehead atoms. The number of aromatic nitrogens is 3. The van der Waals surface area contributed by atoms with Crippen LogP contribution in [-0.2, 0) is 16.6 Å². The SMILES string of the molecule is Cc1occc1-c1nnc(SCC(=O)N2CC(=O)Nc3ccccc32)n1C. The van der Waals surface area contributed by atoms with Crippen molar-refractivity contribution in [3.8, 4) is 11.4 Å². The normalized spacial score (nSPS) is 13.4. The van der Waals surface area contributed by atoms with E-state index >= 15 is 0 Å². The number of hydrogen-bond acceptors (Lipinski definition) is 6. The van der Waals surface area contributed by atoms with E-state index in [0.29, 0.717) is 22.4 Å². The Morgan fingerprint density at radius 3 is 2.89 bits per heavy atom. The van der Waals surface area contributed by atoms with Gasteiger partial charge in [-0.1, -0.05) is 23.9 Å². The van der Waals surface area contributed by atoms with Gasteiger partial charge in [-0.2, -0.15) is 0 Å². The van der Waals surface area contributed by atoms with Crippen molar-refractivity contribution in [2.45, 2.75) is 12.1 Å². The number of nitrogens with one attached hydrogen (secondary N) is 1. The Kier molecular flexibility index (Phi) is 4.44. The molecule has 0 fully saturated rings. The summed E-state index contributed by atoms with van der Waals surface area (Å²) < 4.78 is 7.14. The number of amides is 2. The standard InChI is InChI=1S/C18H17N5O3S/c1-11-12(7-8-26-11)17-20-21-18(22(17)2)27-10-16(25)23-9-15(24)19-13-5-3-4-6-14(13)23/h3-8H,9-10H2,1-2H3,(H,19,24). The molecule has 27 heavy (non-hydrogen) atoms. The van der Waals surface area contributed by atoms with Crippen molar-refractivity contribution >= 4 is 35.0 Å². The molecule has 4 rings (SSSR count). The monoisotopic (exact) mass is 383 g/mol. The molecule has 0 saturated heterocycles. The number of furan rings is 1. The van der Waals surface area contributed by atoms with Crippen LogP contribution in [-0.4, -0.2) is 38.9 Å². The summed E-state index contributed by atoms with van der Waals surface area (Å²) in [6.07, 6.45) is 1.61. The molecule has 3 aromatic rings. The Morgan fingerprint density at radius 1 is 1.30 bits per heavy atom. The minimum absolute atomic E-state index is 0.00862. The number of carbonyl (C=O) groups excluding carboxylic acids is 2. The average Bonchev–Trinajstić information content (AvgIpc) is 3.24. The van der Waals surface area contributed by atoms with Crippen molar-refractivity contribution in [2.75, 3.05) is 22.5 Å². The minimum Gasteiger partial charge on any atom is -0.469 e. The second-order valence-corrected chi connectivity index (χ2v) is 7.03. The number of aryl methyl sites for hydroxylation is 1. The highest BCUT2D eigenvalue weighted by atomic mass is 32.2. The molecule has 0 radical (unpaired) electrons. The number of para-hydroxylation sites is 2. The Morgan fingerprint density at radius 2 is 2.11 bits per heavy atom. The van der Waals surface area contributed by atoms with Crippen LogP contribution in [0.3, 0.4) is 0 Å². The van der Waals surface area contributed by atoms with Crippen LogP contribution >= 0.6 is 11.8 Å². The van der Waals surface area contributed by atoms with E-state index in [0.717, 1.165) is 11.3 Å². The summed E-state index contributed by atoms with van der Waals surface area (Å²) in [5.41, 5.74) is 2.21. The molecule has 0 unspecified atom stereocenters. The second-order valence-electron chi connectivity index (χ2n) is 6.09. The quantitative estimate of drug-likeness (QED) is 0.696. The molecule has 1 aliphatic rings. The molecule has 1 aliphatic heterocycles. The maximum absolute atomic E-state index is 12.7. The fourth-order valence-corrected chi connectivity index (χ4v) is 3.74. The molecular weight excluding hydrogens is 366 g/mol. The van der Waals surface area contributed by atoms with Gasteiger partial charge in [0.05, 0.1) is 29.0 Å². The molecule has 0 spiro atoms. The Balaban J connectivity index is 1.50. The first-order valence-electron chi connectivity index (χ1n) is 8.30. The topological polar surface area (TPSA) is 93.3 Å². The van der Waals surface area contributed by atoms with Gasteiger partial charge in [0.15, 0.2) is 11.0 Å². The average molecular weight is 383 g/mol. The number of rotatable bonds is 4. The number of fused-ring (bicyclic) bond motifs is 1. The molecule has 2 aromatic heterocycles. The van der Waals surface area contributed by atoms with Crippen LogP contribution in [0.5, 0.6) is 0 Å². The zero-order chi connectivity index (χ0) is 19.0. The van der Waals surface area contributed by atoms with E-state index in [9.17, 15) is 9.59 Å². The number of nitrogens with zero attached hydrogens (tertiary/aromatic N) is 4. The van der Waals surface area contributed by atoms with Gasteiger partial charge in [0.2, 0.25) is 11.8 Å². The summed E-state index contributed by atoms with van der Waals surface area (Å²) in [5.74, 6) is 1.22. The van der Waals surface area contributed by atoms with E-state index in [4.69, 9.17) is 4.42 Å². The van der Waals surface area contributed by atoms with E-state index in [1.54, 1.807) is 12.3 Å². The van der Waals surface area contributed by atoms with Crippen LogP contribution in [0, 0.1) is 6.92 Å². The third-order valence-electron chi connectivity index (χ3n) is 4.33. The molecule has 1 N–H and O–H groups in total. The van der Waals surface area contributed by atoms with Crippen molar-refractivity contribution in [3.05, 3.63) is 42.4 Å². The summed E-state index contributed by atoms with van der Waals surface area (Å²) in [6, 6.07) is 9.09. The molecule has 0 atom stereocenters. The Bertz CT molecular complexity index is 1030. The first-order chi connectivity index (χ1) is 13.0. The van der Waals surface area contributed by atoms with Crippen molar-refractivity contribution in [2.24, 2.45) is 7.05 Å². The maximum atomic E-state index is 12.7. The highest BCUT2D eigenvalue weighted by molar-refractivity contribution is 7.99. The third-order valence-corrected chi connectivity index (χ3v) is 5.34. The molecule has 1 aromatic carbocycles. The zero-order valence-electron chi connectivity index (χ0n) is 14.8. The van der Waals surface area contributed by atoms with Crippen LogP contribution in [0.2, 0.25) is 0 Å². The second kappa shape index (κ2) is 6.92. The maximum Gasteiger partial charge on any atom is 0.244 e. The lowest BCUT2D eigenvalue weighted by atomic mass is 10.2. The molecule has 0 aliphatic carbocycles. The molecule has 0 saturated carbocycles. The lowest BCUT2D eigenvalue weighted by Crippen LogP contribution is -2.43. The lowest BCUT2D eigenvalue weighted by Gasteiger charge is -2.28. The van der Waals surface area contributed by atoms with Gasteiger partial charge in [0, 0.05) is 7.05 Å². The summed E-state index contributed by atoms with van der Waals surface area (Å²) in [6.45, 7) is 1.87. The van der Waals surface area contributed by atoms with Crippen molar-refractivity contribution in [3.63, 3.8) is 0 Å². The Hall–Kier alpha value is -3.07. The van der Waals surface area contributed by atoms with E-state index in [1.807, 2.05) is 42.8 Å².